The third kappa shape index (κ3) is 3.55. The van der Waals surface area contributed by atoms with Crippen LogP contribution in [0.25, 0.3) is 21.7 Å². The van der Waals surface area contributed by atoms with Crippen LogP contribution in [-0.2, 0) is 6.54 Å². The van der Waals surface area contributed by atoms with Crippen LogP contribution in [0, 0.1) is 6.92 Å². The molecule has 4 aromatic rings. The fourth-order valence-corrected chi connectivity index (χ4v) is 3.21. The molecule has 0 aliphatic rings. The van der Waals surface area contributed by atoms with Crippen LogP contribution in [0.5, 0.6) is 5.75 Å². The number of aryl methyl sites for hydroxylation is 1. The first-order chi connectivity index (χ1) is 13.1. The lowest BCUT2D eigenvalue weighted by Crippen LogP contribution is -2.32. The van der Waals surface area contributed by atoms with E-state index in [-0.39, 0.29) is 18.7 Å². The lowest BCUT2D eigenvalue weighted by molar-refractivity contribution is 0.0909. The van der Waals surface area contributed by atoms with Crippen molar-refractivity contribution >= 4 is 21.7 Å². The number of rotatable bonds is 5. The van der Waals surface area contributed by atoms with Gasteiger partial charge in [-0.15, -0.1) is 0 Å². The third-order valence-corrected chi connectivity index (χ3v) is 4.61. The minimum absolute atomic E-state index is 0.0943. The van der Waals surface area contributed by atoms with E-state index in [1.807, 2.05) is 60.7 Å². The fourth-order valence-electron chi connectivity index (χ4n) is 3.21. The van der Waals surface area contributed by atoms with Gasteiger partial charge in [0.05, 0.1) is 17.4 Å². The highest BCUT2D eigenvalue weighted by atomic mass is 16.5. The summed E-state index contributed by atoms with van der Waals surface area (Å²) < 4.78 is 7.23. The summed E-state index contributed by atoms with van der Waals surface area (Å²) in [5.41, 5.74) is 0.515. The Kier molecular flexibility index (Phi) is 4.60. The Hall–Kier alpha value is -3.18. The summed E-state index contributed by atoms with van der Waals surface area (Å²) >= 11 is 0. The zero-order valence-electron chi connectivity index (χ0n) is 15.0. The van der Waals surface area contributed by atoms with Crippen LogP contribution in [0.3, 0.4) is 0 Å². The summed E-state index contributed by atoms with van der Waals surface area (Å²) in [5, 5.41) is 13.1. The van der Waals surface area contributed by atoms with Crippen molar-refractivity contribution in [2.45, 2.75) is 19.6 Å². The Labute approximate surface area is 156 Å². The molecule has 1 aromatic heterocycles. The maximum absolute atomic E-state index is 12.7. The van der Waals surface area contributed by atoms with Gasteiger partial charge < -0.3 is 9.84 Å². The number of hydrogen-bond donors (Lipinski definition) is 1. The molecule has 1 N–H and O–H groups in total. The van der Waals surface area contributed by atoms with Crippen LogP contribution in [-0.4, -0.2) is 27.4 Å². The molecular weight excluding hydrogens is 340 g/mol. The number of nitrogens with zero attached hydrogens (tertiary/aromatic N) is 2. The standard InChI is InChI=1S/C22H20N2O3/c1-15-23-21-9-5-4-8-20(21)22(26)24(15)13-18(25)14-27-19-11-10-16-6-2-3-7-17(16)12-19/h2-12,18,25H,13-14H2,1H3/t18-/m0/s1. The van der Waals surface area contributed by atoms with Gasteiger partial charge in [-0.05, 0) is 42.0 Å². The van der Waals surface area contributed by atoms with Gasteiger partial charge in [0.2, 0.25) is 0 Å². The quantitative estimate of drug-likeness (QED) is 0.593. The molecular formula is C22H20N2O3. The van der Waals surface area contributed by atoms with Crippen LogP contribution in [0.4, 0.5) is 0 Å². The molecule has 3 aromatic carbocycles. The summed E-state index contributed by atoms with van der Waals surface area (Å²) in [6.45, 7) is 2.00. The van der Waals surface area contributed by atoms with Crippen molar-refractivity contribution in [2.75, 3.05) is 6.61 Å². The molecule has 0 aliphatic heterocycles. The highest BCUT2D eigenvalue weighted by Crippen LogP contribution is 2.20. The number of benzene rings is 3. The van der Waals surface area contributed by atoms with E-state index >= 15 is 0 Å². The summed E-state index contributed by atoms with van der Waals surface area (Å²) in [6.07, 6.45) is -0.823. The molecule has 5 nitrogen and oxygen atoms in total. The van der Waals surface area contributed by atoms with Crippen LogP contribution < -0.4 is 10.3 Å². The molecule has 0 aliphatic carbocycles. The predicted molar refractivity (Wildman–Crippen MR) is 106 cm³/mol. The number of hydrogen-bond acceptors (Lipinski definition) is 4. The molecule has 136 valence electrons. The first kappa shape index (κ1) is 17.2. The second-order valence-electron chi connectivity index (χ2n) is 6.57. The molecule has 0 amide bonds. The first-order valence-corrected chi connectivity index (χ1v) is 8.88. The smallest absolute Gasteiger partial charge is 0.261 e. The average Bonchev–Trinajstić information content (AvgIpc) is 2.69. The molecule has 27 heavy (non-hydrogen) atoms. The average molecular weight is 360 g/mol. The van der Waals surface area contributed by atoms with Crippen molar-refractivity contribution < 1.29 is 9.84 Å². The van der Waals surface area contributed by atoms with Gasteiger partial charge >= 0.3 is 0 Å². The zero-order chi connectivity index (χ0) is 18.8. The normalized spacial score (nSPS) is 12.4. The Morgan fingerprint density at radius 2 is 1.78 bits per heavy atom. The number of aliphatic hydroxyl groups excluding tert-OH is 1. The molecule has 5 heteroatoms. The van der Waals surface area contributed by atoms with E-state index in [0.29, 0.717) is 22.5 Å². The largest absolute Gasteiger partial charge is 0.491 e. The number of aliphatic hydroxyl groups is 1. The summed E-state index contributed by atoms with van der Waals surface area (Å²) in [6, 6.07) is 21.0. The van der Waals surface area contributed by atoms with E-state index in [0.717, 1.165) is 10.8 Å². The number of aromatic nitrogens is 2. The van der Waals surface area contributed by atoms with E-state index in [1.165, 1.54) is 4.57 Å². The third-order valence-electron chi connectivity index (χ3n) is 4.61. The number of fused-ring (bicyclic) bond motifs is 2. The number of ether oxygens (including phenoxy) is 1. The minimum atomic E-state index is -0.823. The second-order valence-corrected chi connectivity index (χ2v) is 6.57. The summed E-state index contributed by atoms with van der Waals surface area (Å²) in [5.74, 6) is 1.26. The second kappa shape index (κ2) is 7.21. The monoisotopic (exact) mass is 360 g/mol. The Bertz CT molecular complexity index is 1170. The van der Waals surface area contributed by atoms with E-state index in [2.05, 4.69) is 4.98 Å². The summed E-state index contributed by atoms with van der Waals surface area (Å²) in [7, 11) is 0. The maximum atomic E-state index is 12.7. The van der Waals surface area contributed by atoms with Crippen molar-refractivity contribution in [3.63, 3.8) is 0 Å². The van der Waals surface area contributed by atoms with Gasteiger partial charge in [0, 0.05) is 0 Å². The summed E-state index contributed by atoms with van der Waals surface area (Å²) in [4.78, 5) is 17.1. The van der Waals surface area contributed by atoms with E-state index < -0.39 is 6.10 Å². The molecule has 0 spiro atoms. The van der Waals surface area contributed by atoms with Gasteiger partial charge in [-0.3, -0.25) is 9.36 Å². The Balaban J connectivity index is 1.50. The van der Waals surface area contributed by atoms with Crippen molar-refractivity contribution in [3.05, 3.63) is 82.9 Å². The van der Waals surface area contributed by atoms with Gasteiger partial charge in [-0.25, -0.2) is 4.98 Å². The van der Waals surface area contributed by atoms with Gasteiger partial charge in [0.15, 0.2) is 0 Å². The SMILES string of the molecule is Cc1nc2ccccc2c(=O)n1C[C@H](O)COc1ccc2ccccc2c1. The minimum Gasteiger partial charge on any atom is -0.491 e. The molecule has 0 radical (unpaired) electrons. The van der Waals surface area contributed by atoms with Gasteiger partial charge in [0.25, 0.3) is 5.56 Å². The molecule has 0 fully saturated rings. The zero-order valence-corrected chi connectivity index (χ0v) is 15.0. The number of para-hydroxylation sites is 1. The topological polar surface area (TPSA) is 64.4 Å². The predicted octanol–water partition coefficient (Wildman–Crippen LogP) is 3.30. The van der Waals surface area contributed by atoms with Crippen LogP contribution >= 0.6 is 0 Å². The molecule has 0 bridgehead atoms. The molecule has 1 heterocycles. The Morgan fingerprint density at radius 1 is 1.04 bits per heavy atom. The molecule has 0 unspecified atom stereocenters. The fraction of sp³-hybridized carbons (Fsp3) is 0.182. The highest BCUT2D eigenvalue weighted by molar-refractivity contribution is 5.83. The molecule has 0 saturated heterocycles. The van der Waals surface area contributed by atoms with Crippen LogP contribution in [0.15, 0.2) is 71.5 Å². The maximum Gasteiger partial charge on any atom is 0.261 e. The molecule has 4 rings (SSSR count). The highest BCUT2D eigenvalue weighted by Gasteiger charge is 2.13. The van der Waals surface area contributed by atoms with Gasteiger partial charge in [-0.1, -0.05) is 42.5 Å². The van der Waals surface area contributed by atoms with Gasteiger partial charge in [-0.2, -0.15) is 0 Å². The first-order valence-electron chi connectivity index (χ1n) is 8.88. The molecule has 0 saturated carbocycles. The van der Waals surface area contributed by atoms with Crippen molar-refractivity contribution in [1.29, 1.82) is 0 Å². The van der Waals surface area contributed by atoms with Crippen molar-refractivity contribution in [1.82, 2.24) is 9.55 Å². The van der Waals surface area contributed by atoms with E-state index in [1.54, 1.807) is 13.0 Å². The van der Waals surface area contributed by atoms with Gasteiger partial charge in [0.1, 0.15) is 24.3 Å². The van der Waals surface area contributed by atoms with E-state index in [9.17, 15) is 9.90 Å². The van der Waals surface area contributed by atoms with Crippen molar-refractivity contribution in [3.8, 4) is 5.75 Å². The van der Waals surface area contributed by atoms with Crippen LogP contribution in [0.2, 0.25) is 0 Å². The Morgan fingerprint density at radius 3 is 2.63 bits per heavy atom. The van der Waals surface area contributed by atoms with E-state index in [4.69, 9.17) is 4.74 Å². The van der Waals surface area contributed by atoms with Crippen molar-refractivity contribution in [2.24, 2.45) is 0 Å². The molecule has 1 atom stereocenters. The van der Waals surface area contributed by atoms with Crippen LogP contribution in [0.1, 0.15) is 5.82 Å². The lowest BCUT2D eigenvalue weighted by atomic mass is 10.1. The lowest BCUT2D eigenvalue weighted by Gasteiger charge is -2.16.